The Kier molecular flexibility index (Phi) is 6.81. The van der Waals surface area contributed by atoms with Gasteiger partial charge in [0, 0.05) is 5.92 Å². The normalized spacial score (nSPS) is 25.3. The molecule has 0 bridgehead atoms. The Morgan fingerprint density at radius 1 is 0.930 bits per heavy atom. The van der Waals surface area contributed by atoms with Gasteiger partial charge in [-0.25, -0.2) is 9.91 Å². The lowest BCUT2D eigenvalue weighted by Gasteiger charge is -2.30. The number of carbonyl (C=O) groups excluding carboxylic acids is 3. The van der Waals surface area contributed by atoms with Crippen LogP contribution in [-0.4, -0.2) is 59.2 Å². The van der Waals surface area contributed by atoms with Gasteiger partial charge in [-0.2, -0.15) is 10.2 Å². The molecule has 216 valence electrons. The molecular formula is C33H30N6O4. The molecule has 4 aliphatic rings. The first-order chi connectivity index (χ1) is 21.0. The average molecular weight is 575 g/mol. The molecule has 7 rings (SSSR count). The number of nitrogens with zero attached hydrogens (tertiary/aromatic N) is 6. The highest BCUT2D eigenvalue weighted by atomic mass is 16.5. The van der Waals surface area contributed by atoms with Crippen LogP contribution in [0.3, 0.4) is 0 Å². The van der Waals surface area contributed by atoms with E-state index in [2.05, 4.69) is 28.5 Å². The minimum Gasteiger partial charge on any atom is -0.495 e. The minimum atomic E-state index is -1.02. The number of methoxy groups -OCH3 is 1. The number of hydrogen-bond acceptors (Lipinski definition) is 8. The van der Waals surface area contributed by atoms with E-state index < -0.39 is 23.9 Å². The third-order valence-corrected chi connectivity index (χ3v) is 8.52. The van der Waals surface area contributed by atoms with Crippen molar-refractivity contribution in [1.82, 2.24) is 10.0 Å². The van der Waals surface area contributed by atoms with Crippen LogP contribution in [0, 0.1) is 5.92 Å². The SMILES string of the molecule is COc1ccccc1N1C(=O)[C@H]2N=NN(CC(=O)N3N=C4/C(=C/c5ccccc5)CCC[C@@H]4[C@@H]3c3ccccc3)[C@@H]2C1=O. The molecule has 0 aromatic heterocycles. The van der Waals surface area contributed by atoms with Gasteiger partial charge >= 0.3 is 0 Å². The van der Waals surface area contributed by atoms with E-state index in [4.69, 9.17) is 9.84 Å². The van der Waals surface area contributed by atoms with Crippen molar-refractivity contribution in [3.8, 4) is 5.75 Å². The van der Waals surface area contributed by atoms with Crippen molar-refractivity contribution in [3.63, 3.8) is 0 Å². The van der Waals surface area contributed by atoms with Crippen LogP contribution in [0.4, 0.5) is 5.69 Å². The third kappa shape index (κ3) is 4.59. The van der Waals surface area contributed by atoms with Gasteiger partial charge in [0.25, 0.3) is 17.7 Å². The molecule has 4 atom stereocenters. The molecule has 0 spiro atoms. The van der Waals surface area contributed by atoms with Gasteiger partial charge in [0.1, 0.15) is 12.3 Å². The van der Waals surface area contributed by atoms with E-state index in [0.29, 0.717) is 11.4 Å². The lowest BCUT2D eigenvalue weighted by Crippen LogP contribution is -2.45. The van der Waals surface area contributed by atoms with E-state index in [1.165, 1.54) is 12.1 Å². The van der Waals surface area contributed by atoms with Crippen LogP contribution in [0.1, 0.15) is 36.4 Å². The number of hydrogen-bond donors (Lipinski definition) is 0. The Morgan fingerprint density at radius 3 is 2.42 bits per heavy atom. The fourth-order valence-electron chi connectivity index (χ4n) is 6.56. The standard InChI is InChI=1S/C33H30N6O4/c1-43-26-18-9-8-17-25(26)38-32(41)29-31(33(38)42)37(36-34-29)20-27(40)39-30(22-13-6-3-7-14-22)24-16-10-15-23(28(24)35-39)19-21-11-4-2-5-12-21/h2-9,11-14,17-19,24,29-31H,10,15-16,20H2,1H3/b23-19+/t24-,29-,30-,31-/m0/s1. The summed E-state index contributed by atoms with van der Waals surface area (Å²) >= 11 is 0. The van der Waals surface area contributed by atoms with Crippen LogP contribution in [0.25, 0.3) is 6.08 Å². The van der Waals surface area contributed by atoms with Crippen LogP contribution in [0.5, 0.6) is 5.75 Å². The lowest BCUT2D eigenvalue weighted by atomic mass is 9.77. The number of benzene rings is 3. The second-order valence-corrected chi connectivity index (χ2v) is 11.0. The smallest absolute Gasteiger partial charge is 0.264 e. The Labute approximate surface area is 248 Å². The van der Waals surface area contributed by atoms with E-state index >= 15 is 0 Å². The molecule has 3 aromatic carbocycles. The molecule has 1 saturated heterocycles. The summed E-state index contributed by atoms with van der Waals surface area (Å²) < 4.78 is 5.39. The molecule has 0 radical (unpaired) electrons. The highest BCUT2D eigenvalue weighted by Gasteiger charge is 2.56. The Bertz CT molecular complexity index is 1670. The third-order valence-electron chi connectivity index (χ3n) is 8.52. The average Bonchev–Trinajstić information content (AvgIpc) is 3.71. The summed E-state index contributed by atoms with van der Waals surface area (Å²) in [6, 6.07) is 24.6. The van der Waals surface area contributed by atoms with E-state index in [1.54, 1.807) is 29.3 Å². The molecular weight excluding hydrogens is 544 g/mol. The molecule has 3 heterocycles. The molecule has 0 N–H and O–H groups in total. The summed E-state index contributed by atoms with van der Waals surface area (Å²) in [6.07, 6.45) is 4.94. The maximum atomic E-state index is 14.0. The summed E-state index contributed by atoms with van der Waals surface area (Å²) in [6.45, 7) is -0.242. The fourth-order valence-corrected chi connectivity index (χ4v) is 6.56. The molecule has 10 heteroatoms. The molecule has 1 aliphatic carbocycles. The van der Waals surface area contributed by atoms with Crippen molar-refractivity contribution in [3.05, 3.63) is 102 Å². The number of imide groups is 1. The number of hydrazone groups is 1. The van der Waals surface area contributed by atoms with Crippen molar-refractivity contribution in [2.24, 2.45) is 21.4 Å². The quantitative estimate of drug-likeness (QED) is 0.393. The largest absolute Gasteiger partial charge is 0.495 e. The van der Waals surface area contributed by atoms with Crippen molar-refractivity contribution < 1.29 is 19.1 Å². The van der Waals surface area contributed by atoms with Crippen LogP contribution in [-0.2, 0) is 14.4 Å². The molecule has 43 heavy (non-hydrogen) atoms. The highest BCUT2D eigenvalue weighted by molar-refractivity contribution is 6.26. The van der Waals surface area contributed by atoms with E-state index in [-0.39, 0.29) is 24.4 Å². The molecule has 3 aromatic rings. The van der Waals surface area contributed by atoms with Gasteiger partial charge in [0.2, 0.25) is 0 Å². The number of carbonyl (C=O) groups is 3. The van der Waals surface area contributed by atoms with Crippen molar-refractivity contribution >= 4 is 35.2 Å². The first-order valence-corrected chi connectivity index (χ1v) is 14.4. The zero-order valence-corrected chi connectivity index (χ0v) is 23.6. The summed E-state index contributed by atoms with van der Waals surface area (Å²) in [5.74, 6) is -0.872. The van der Waals surface area contributed by atoms with Gasteiger partial charge in [-0.05, 0) is 54.2 Å². The molecule has 3 amide bonds. The van der Waals surface area contributed by atoms with Gasteiger partial charge in [0.15, 0.2) is 12.1 Å². The second-order valence-electron chi connectivity index (χ2n) is 11.0. The first-order valence-electron chi connectivity index (χ1n) is 14.4. The summed E-state index contributed by atoms with van der Waals surface area (Å²) in [7, 11) is 1.48. The molecule has 2 fully saturated rings. The first kappa shape index (κ1) is 26.8. The van der Waals surface area contributed by atoms with Crippen molar-refractivity contribution in [2.75, 3.05) is 18.6 Å². The number of rotatable bonds is 6. The van der Waals surface area contributed by atoms with Crippen LogP contribution in [0.15, 0.2) is 106 Å². The molecule has 1 saturated carbocycles. The van der Waals surface area contributed by atoms with Crippen molar-refractivity contribution in [1.29, 1.82) is 0 Å². The van der Waals surface area contributed by atoms with Crippen LogP contribution >= 0.6 is 0 Å². The van der Waals surface area contributed by atoms with Gasteiger partial charge in [-0.3, -0.25) is 19.4 Å². The predicted molar refractivity (Wildman–Crippen MR) is 160 cm³/mol. The van der Waals surface area contributed by atoms with Crippen LogP contribution in [0.2, 0.25) is 0 Å². The molecule has 0 unspecified atom stereocenters. The van der Waals surface area contributed by atoms with E-state index in [0.717, 1.165) is 46.6 Å². The van der Waals surface area contributed by atoms with Gasteiger partial charge in [-0.1, -0.05) is 78.0 Å². The Morgan fingerprint density at radius 2 is 1.65 bits per heavy atom. The van der Waals surface area contributed by atoms with Crippen LogP contribution < -0.4 is 9.64 Å². The fraction of sp³-hybridized carbons (Fsp3) is 0.273. The number of amides is 3. The highest BCUT2D eigenvalue weighted by Crippen LogP contribution is 2.45. The number of ether oxygens (including phenoxy) is 1. The number of fused-ring (bicyclic) bond motifs is 2. The summed E-state index contributed by atoms with van der Waals surface area (Å²) in [5, 5.41) is 16.1. The number of allylic oxidation sites excluding steroid dienone is 1. The summed E-state index contributed by atoms with van der Waals surface area (Å²) in [4.78, 5) is 42.0. The van der Waals surface area contributed by atoms with Gasteiger partial charge < -0.3 is 4.74 Å². The van der Waals surface area contributed by atoms with E-state index in [1.807, 2.05) is 48.5 Å². The van der Waals surface area contributed by atoms with E-state index in [9.17, 15) is 14.4 Å². The zero-order chi connectivity index (χ0) is 29.5. The molecule has 3 aliphatic heterocycles. The number of anilines is 1. The topological polar surface area (TPSA) is 107 Å². The Balaban J connectivity index is 1.18. The lowest BCUT2D eigenvalue weighted by molar-refractivity contribution is -0.136. The number of para-hydroxylation sites is 2. The monoisotopic (exact) mass is 574 g/mol. The zero-order valence-electron chi connectivity index (χ0n) is 23.6. The van der Waals surface area contributed by atoms with Gasteiger partial charge in [-0.15, -0.1) is 0 Å². The second kappa shape index (κ2) is 10.9. The molecule has 10 nitrogen and oxygen atoms in total. The maximum absolute atomic E-state index is 14.0. The van der Waals surface area contributed by atoms with Crippen molar-refractivity contribution in [2.45, 2.75) is 37.4 Å². The maximum Gasteiger partial charge on any atom is 0.264 e. The Hall–Kier alpha value is -5.12. The minimum absolute atomic E-state index is 0.0405. The summed E-state index contributed by atoms with van der Waals surface area (Å²) in [5.41, 5.74) is 4.48. The predicted octanol–water partition coefficient (Wildman–Crippen LogP) is 4.81. The van der Waals surface area contributed by atoms with Gasteiger partial charge in [0.05, 0.1) is 24.6 Å².